The summed E-state index contributed by atoms with van der Waals surface area (Å²) in [6, 6.07) is 17.1. The molecule has 2 rings (SSSR count). The van der Waals surface area contributed by atoms with E-state index in [1.807, 2.05) is 0 Å². The third-order valence-corrected chi connectivity index (χ3v) is 4.30. The molecule has 0 aliphatic carbocycles. The highest BCUT2D eigenvalue weighted by Gasteiger charge is 2.11. The van der Waals surface area contributed by atoms with E-state index in [2.05, 4.69) is 93.7 Å². The SMILES string of the molecule is COC(Cc1ccc(I)cc1)c1ccc(I)cc1. The van der Waals surface area contributed by atoms with E-state index in [0.717, 1.165) is 6.42 Å². The van der Waals surface area contributed by atoms with Crippen LogP contribution in [0.25, 0.3) is 0 Å². The predicted molar refractivity (Wildman–Crippen MR) is 91.8 cm³/mol. The zero-order chi connectivity index (χ0) is 13.0. The van der Waals surface area contributed by atoms with E-state index < -0.39 is 0 Å². The van der Waals surface area contributed by atoms with Crippen molar-refractivity contribution in [3.8, 4) is 0 Å². The summed E-state index contributed by atoms with van der Waals surface area (Å²) in [7, 11) is 1.77. The number of benzene rings is 2. The topological polar surface area (TPSA) is 9.23 Å². The van der Waals surface area contributed by atoms with Gasteiger partial charge in [-0.15, -0.1) is 0 Å². The van der Waals surface area contributed by atoms with Gasteiger partial charge >= 0.3 is 0 Å². The molecule has 0 heterocycles. The zero-order valence-electron chi connectivity index (χ0n) is 10.1. The molecule has 0 aromatic heterocycles. The molecular formula is C15H14I2O. The lowest BCUT2D eigenvalue weighted by Gasteiger charge is -2.16. The zero-order valence-corrected chi connectivity index (χ0v) is 14.4. The van der Waals surface area contributed by atoms with Crippen molar-refractivity contribution in [2.75, 3.05) is 7.11 Å². The third kappa shape index (κ3) is 3.93. The molecule has 0 aliphatic heterocycles. The second-order valence-electron chi connectivity index (χ2n) is 4.11. The Morgan fingerprint density at radius 2 is 1.39 bits per heavy atom. The molecule has 1 atom stereocenters. The van der Waals surface area contributed by atoms with Crippen LogP contribution in [0.3, 0.4) is 0 Å². The summed E-state index contributed by atoms with van der Waals surface area (Å²) in [5, 5.41) is 0. The van der Waals surface area contributed by atoms with Gasteiger partial charge in [0.25, 0.3) is 0 Å². The van der Waals surface area contributed by atoms with Crippen LogP contribution in [0.2, 0.25) is 0 Å². The first-order chi connectivity index (χ1) is 8.69. The highest BCUT2D eigenvalue weighted by molar-refractivity contribution is 14.1. The molecule has 18 heavy (non-hydrogen) atoms. The van der Waals surface area contributed by atoms with Gasteiger partial charge in [0.15, 0.2) is 0 Å². The van der Waals surface area contributed by atoms with Gasteiger partial charge in [0.2, 0.25) is 0 Å². The number of hydrogen-bond acceptors (Lipinski definition) is 1. The van der Waals surface area contributed by atoms with Crippen molar-refractivity contribution in [3.05, 3.63) is 66.8 Å². The van der Waals surface area contributed by atoms with Crippen LogP contribution in [0.4, 0.5) is 0 Å². The van der Waals surface area contributed by atoms with Gasteiger partial charge in [0.05, 0.1) is 6.10 Å². The lowest BCUT2D eigenvalue weighted by molar-refractivity contribution is 0.104. The lowest BCUT2D eigenvalue weighted by atomic mass is 10.0. The Kier molecular flexibility index (Phi) is 5.44. The average Bonchev–Trinajstić information content (AvgIpc) is 2.39. The molecule has 2 aromatic rings. The molecule has 1 unspecified atom stereocenters. The molecule has 3 heteroatoms. The van der Waals surface area contributed by atoms with Crippen molar-refractivity contribution in [2.45, 2.75) is 12.5 Å². The second-order valence-corrected chi connectivity index (χ2v) is 6.60. The Morgan fingerprint density at radius 1 is 0.889 bits per heavy atom. The van der Waals surface area contributed by atoms with Crippen molar-refractivity contribution >= 4 is 45.2 Å². The molecule has 0 saturated heterocycles. The van der Waals surface area contributed by atoms with E-state index in [9.17, 15) is 0 Å². The molecule has 0 bridgehead atoms. The van der Waals surface area contributed by atoms with Crippen LogP contribution in [0, 0.1) is 7.14 Å². The quantitative estimate of drug-likeness (QED) is 0.590. The van der Waals surface area contributed by atoms with Gasteiger partial charge in [-0.25, -0.2) is 0 Å². The maximum atomic E-state index is 5.61. The largest absolute Gasteiger partial charge is 0.376 e. The first-order valence-corrected chi connectivity index (χ1v) is 7.87. The van der Waals surface area contributed by atoms with Gasteiger partial charge < -0.3 is 4.74 Å². The van der Waals surface area contributed by atoms with Crippen molar-refractivity contribution < 1.29 is 4.74 Å². The van der Waals surface area contributed by atoms with E-state index in [1.165, 1.54) is 18.3 Å². The number of ether oxygens (including phenoxy) is 1. The van der Waals surface area contributed by atoms with Gasteiger partial charge in [0.1, 0.15) is 0 Å². The minimum absolute atomic E-state index is 0.127. The number of halogens is 2. The molecule has 0 N–H and O–H groups in total. The number of rotatable bonds is 4. The minimum atomic E-state index is 0.127. The fourth-order valence-electron chi connectivity index (χ4n) is 1.85. The van der Waals surface area contributed by atoms with Crippen molar-refractivity contribution in [1.82, 2.24) is 0 Å². The van der Waals surface area contributed by atoms with E-state index in [1.54, 1.807) is 7.11 Å². The Balaban J connectivity index is 2.14. The van der Waals surface area contributed by atoms with Crippen LogP contribution in [0.5, 0.6) is 0 Å². The van der Waals surface area contributed by atoms with Crippen LogP contribution in [0.1, 0.15) is 17.2 Å². The maximum absolute atomic E-state index is 5.61. The molecule has 2 aromatic carbocycles. The van der Waals surface area contributed by atoms with Gasteiger partial charge in [-0.3, -0.25) is 0 Å². The standard InChI is InChI=1S/C15H14I2O/c1-18-15(12-4-8-14(17)9-5-12)10-11-2-6-13(16)7-3-11/h2-9,15H,10H2,1H3. The lowest BCUT2D eigenvalue weighted by Crippen LogP contribution is -2.05. The monoisotopic (exact) mass is 464 g/mol. The minimum Gasteiger partial charge on any atom is -0.376 e. The van der Waals surface area contributed by atoms with Gasteiger partial charge in [-0.2, -0.15) is 0 Å². The third-order valence-electron chi connectivity index (χ3n) is 2.86. The molecular weight excluding hydrogens is 450 g/mol. The van der Waals surface area contributed by atoms with Gasteiger partial charge in [0, 0.05) is 20.7 Å². The van der Waals surface area contributed by atoms with Crippen molar-refractivity contribution in [3.63, 3.8) is 0 Å². The first kappa shape index (κ1) is 14.3. The summed E-state index contributed by atoms with van der Waals surface area (Å²) in [4.78, 5) is 0. The summed E-state index contributed by atoms with van der Waals surface area (Å²) in [5.41, 5.74) is 2.54. The van der Waals surface area contributed by atoms with Crippen molar-refractivity contribution in [1.29, 1.82) is 0 Å². The van der Waals surface area contributed by atoms with Crippen LogP contribution in [-0.2, 0) is 11.2 Å². The van der Waals surface area contributed by atoms with E-state index >= 15 is 0 Å². The molecule has 0 radical (unpaired) electrons. The Morgan fingerprint density at radius 3 is 1.89 bits per heavy atom. The summed E-state index contributed by atoms with van der Waals surface area (Å²) >= 11 is 4.64. The van der Waals surface area contributed by atoms with Gasteiger partial charge in [-0.05, 0) is 80.6 Å². The molecule has 0 saturated carbocycles. The van der Waals surface area contributed by atoms with Crippen LogP contribution in [-0.4, -0.2) is 7.11 Å². The normalized spacial score (nSPS) is 12.4. The summed E-state index contributed by atoms with van der Waals surface area (Å²) in [6.07, 6.45) is 1.04. The van der Waals surface area contributed by atoms with Crippen LogP contribution < -0.4 is 0 Å². The summed E-state index contributed by atoms with van der Waals surface area (Å²) in [5.74, 6) is 0. The average molecular weight is 464 g/mol. The molecule has 0 amide bonds. The Bertz CT molecular complexity index is 491. The maximum Gasteiger partial charge on any atom is 0.0861 e. The summed E-state index contributed by atoms with van der Waals surface area (Å²) in [6.45, 7) is 0. The smallest absolute Gasteiger partial charge is 0.0861 e. The fraction of sp³-hybridized carbons (Fsp3) is 0.200. The number of hydrogen-bond donors (Lipinski definition) is 0. The highest BCUT2D eigenvalue weighted by atomic mass is 127. The Labute approximate surface area is 135 Å². The first-order valence-electron chi connectivity index (χ1n) is 5.72. The Hall–Kier alpha value is -0.140. The van der Waals surface area contributed by atoms with Crippen LogP contribution in [0.15, 0.2) is 48.5 Å². The van der Waals surface area contributed by atoms with E-state index in [4.69, 9.17) is 4.74 Å². The molecule has 0 spiro atoms. The van der Waals surface area contributed by atoms with E-state index in [0.29, 0.717) is 0 Å². The number of methoxy groups -OCH3 is 1. The molecule has 0 aliphatic rings. The van der Waals surface area contributed by atoms with Crippen LogP contribution >= 0.6 is 45.2 Å². The molecule has 94 valence electrons. The highest BCUT2D eigenvalue weighted by Crippen LogP contribution is 2.23. The van der Waals surface area contributed by atoms with Crippen molar-refractivity contribution in [2.24, 2.45) is 0 Å². The molecule has 0 fully saturated rings. The second kappa shape index (κ2) is 6.86. The fourth-order valence-corrected chi connectivity index (χ4v) is 2.57. The summed E-state index contributed by atoms with van der Waals surface area (Å²) < 4.78 is 8.12. The van der Waals surface area contributed by atoms with Gasteiger partial charge in [-0.1, -0.05) is 24.3 Å². The predicted octanol–water partition coefficient (Wildman–Crippen LogP) is 4.83. The molecule has 1 nitrogen and oxygen atoms in total. The van der Waals surface area contributed by atoms with E-state index in [-0.39, 0.29) is 6.10 Å².